The molecule has 0 atom stereocenters. The Labute approximate surface area is 128 Å². The molecule has 0 aliphatic heterocycles. The second-order valence-electron chi connectivity index (χ2n) is 5.10. The van der Waals surface area contributed by atoms with Gasteiger partial charge < -0.3 is 10.1 Å². The van der Waals surface area contributed by atoms with Gasteiger partial charge >= 0.3 is 0 Å². The Balaban J connectivity index is 1.92. The minimum atomic E-state index is 0.471. The van der Waals surface area contributed by atoms with Crippen molar-refractivity contribution in [1.29, 1.82) is 0 Å². The lowest BCUT2D eigenvalue weighted by molar-refractivity contribution is 0.299. The van der Waals surface area contributed by atoms with E-state index in [0.717, 1.165) is 12.1 Å². The smallest absolute Gasteiger partial charge is 0.261 e. The molecular formula is C17H27NOS. The molecule has 0 saturated carbocycles. The average Bonchev–Trinajstić information content (AvgIpc) is 2.46. The van der Waals surface area contributed by atoms with Crippen molar-refractivity contribution in [3.8, 4) is 0 Å². The van der Waals surface area contributed by atoms with Crippen molar-refractivity contribution >= 4 is 23.1 Å². The van der Waals surface area contributed by atoms with E-state index in [1.54, 1.807) is 0 Å². The Morgan fingerprint density at radius 1 is 0.950 bits per heavy atom. The quantitative estimate of drug-likeness (QED) is 0.452. The van der Waals surface area contributed by atoms with Gasteiger partial charge in [0.25, 0.3) is 5.17 Å². The van der Waals surface area contributed by atoms with Crippen LogP contribution in [0.25, 0.3) is 0 Å². The summed E-state index contributed by atoms with van der Waals surface area (Å²) in [6, 6.07) is 9.89. The maximum absolute atomic E-state index is 5.51. The zero-order chi connectivity index (χ0) is 14.5. The summed E-state index contributed by atoms with van der Waals surface area (Å²) in [7, 11) is 0. The number of unbranched alkanes of at least 4 members (excludes halogenated alkanes) is 7. The number of hydrogen-bond acceptors (Lipinski definition) is 2. The number of para-hydroxylation sites is 1. The van der Waals surface area contributed by atoms with Crippen molar-refractivity contribution in [3.05, 3.63) is 30.3 Å². The van der Waals surface area contributed by atoms with E-state index in [1.165, 1.54) is 44.9 Å². The Morgan fingerprint density at radius 2 is 1.55 bits per heavy atom. The standard InChI is InChI=1S/C17H27NOS/c1-2-3-4-5-6-7-8-12-15-19-17(20)18-16-13-10-9-11-14-16/h9-11,13-14H,2-8,12,15H2,1H3,(H,18,20). The molecule has 0 amide bonds. The highest BCUT2D eigenvalue weighted by atomic mass is 32.1. The fourth-order valence-electron chi connectivity index (χ4n) is 2.08. The van der Waals surface area contributed by atoms with E-state index in [-0.39, 0.29) is 0 Å². The van der Waals surface area contributed by atoms with Gasteiger partial charge in [-0.1, -0.05) is 70.1 Å². The van der Waals surface area contributed by atoms with Crippen molar-refractivity contribution < 1.29 is 4.74 Å². The zero-order valence-corrected chi connectivity index (χ0v) is 13.4. The largest absolute Gasteiger partial charge is 0.471 e. The molecule has 0 bridgehead atoms. The highest BCUT2D eigenvalue weighted by Gasteiger charge is 1.98. The summed E-state index contributed by atoms with van der Waals surface area (Å²) in [6.07, 6.45) is 10.5. The predicted octanol–water partition coefficient (Wildman–Crippen LogP) is 5.54. The molecule has 0 aliphatic rings. The topological polar surface area (TPSA) is 21.3 Å². The van der Waals surface area contributed by atoms with E-state index in [1.807, 2.05) is 30.3 Å². The van der Waals surface area contributed by atoms with Gasteiger partial charge in [0, 0.05) is 5.69 Å². The van der Waals surface area contributed by atoms with Crippen molar-refractivity contribution in [2.75, 3.05) is 11.9 Å². The normalized spacial score (nSPS) is 10.2. The molecule has 3 heteroatoms. The first-order valence-corrected chi connectivity index (χ1v) is 8.22. The third-order valence-electron chi connectivity index (χ3n) is 3.25. The van der Waals surface area contributed by atoms with Gasteiger partial charge in [0.05, 0.1) is 6.61 Å². The highest BCUT2D eigenvalue weighted by molar-refractivity contribution is 7.80. The third-order valence-corrected chi connectivity index (χ3v) is 3.47. The van der Waals surface area contributed by atoms with E-state index in [4.69, 9.17) is 17.0 Å². The Kier molecular flexibility index (Phi) is 9.93. The minimum Gasteiger partial charge on any atom is -0.471 e. The first-order valence-electron chi connectivity index (χ1n) is 7.81. The van der Waals surface area contributed by atoms with Crippen LogP contribution >= 0.6 is 12.2 Å². The summed E-state index contributed by atoms with van der Waals surface area (Å²) >= 11 is 5.15. The molecule has 2 nitrogen and oxygen atoms in total. The third kappa shape index (κ3) is 8.92. The Bertz CT molecular complexity index is 353. The predicted molar refractivity (Wildman–Crippen MR) is 91.2 cm³/mol. The van der Waals surface area contributed by atoms with Gasteiger partial charge in [-0.25, -0.2) is 0 Å². The molecule has 0 spiro atoms. The summed E-state index contributed by atoms with van der Waals surface area (Å²) in [5, 5.41) is 3.55. The molecule has 0 radical (unpaired) electrons. The van der Waals surface area contributed by atoms with E-state index in [0.29, 0.717) is 11.8 Å². The van der Waals surface area contributed by atoms with Crippen molar-refractivity contribution in [3.63, 3.8) is 0 Å². The molecule has 0 unspecified atom stereocenters. The average molecular weight is 293 g/mol. The van der Waals surface area contributed by atoms with E-state index < -0.39 is 0 Å². The number of thiocarbonyl (C=S) groups is 1. The minimum absolute atomic E-state index is 0.471. The fourth-order valence-corrected chi connectivity index (χ4v) is 2.28. The number of hydrogen-bond donors (Lipinski definition) is 1. The van der Waals surface area contributed by atoms with E-state index >= 15 is 0 Å². The van der Waals surface area contributed by atoms with E-state index in [9.17, 15) is 0 Å². The fraction of sp³-hybridized carbons (Fsp3) is 0.588. The van der Waals surface area contributed by atoms with Crippen LogP contribution in [0.4, 0.5) is 5.69 Å². The summed E-state index contributed by atoms with van der Waals surface area (Å²) in [5.74, 6) is 0. The number of benzene rings is 1. The molecule has 0 aliphatic carbocycles. The van der Waals surface area contributed by atoms with Crippen molar-refractivity contribution in [1.82, 2.24) is 0 Å². The molecule has 1 N–H and O–H groups in total. The molecule has 112 valence electrons. The first kappa shape index (κ1) is 17.0. The SMILES string of the molecule is CCCCCCCCCCOC(=S)Nc1ccccc1. The summed E-state index contributed by atoms with van der Waals surface area (Å²) in [4.78, 5) is 0. The van der Waals surface area contributed by atoms with Gasteiger partial charge in [-0.3, -0.25) is 0 Å². The van der Waals surface area contributed by atoms with Crippen LogP contribution in [-0.4, -0.2) is 11.8 Å². The maximum Gasteiger partial charge on any atom is 0.261 e. The van der Waals surface area contributed by atoms with Gasteiger partial charge in [-0.2, -0.15) is 0 Å². The van der Waals surface area contributed by atoms with Gasteiger partial charge in [0.15, 0.2) is 0 Å². The molecular weight excluding hydrogens is 266 g/mol. The molecule has 0 aromatic heterocycles. The molecule has 0 saturated heterocycles. The van der Waals surface area contributed by atoms with Crippen molar-refractivity contribution in [2.45, 2.75) is 58.3 Å². The number of ether oxygens (including phenoxy) is 1. The highest BCUT2D eigenvalue weighted by Crippen LogP contribution is 2.09. The summed E-state index contributed by atoms with van der Waals surface area (Å²) < 4.78 is 5.51. The number of nitrogens with one attached hydrogen (secondary N) is 1. The van der Waals surface area contributed by atoms with Crippen LogP contribution in [0.1, 0.15) is 58.3 Å². The second kappa shape index (κ2) is 11.7. The number of rotatable bonds is 10. The van der Waals surface area contributed by atoms with Crippen molar-refractivity contribution in [2.24, 2.45) is 0 Å². The molecule has 1 rings (SSSR count). The van der Waals surface area contributed by atoms with Gasteiger partial charge in [0.1, 0.15) is 0 Å². The molecule has 20 heavy (non-hydrogen) atoms. The van der Waals surface area contributed by atoms with Crippen LogP contribution in [0.2, 0.25) is 0 Å². The maximum atomic E-state index is 5.51. The van der Waals surface area contributed by atoms with E-state index in [2.05, 4.69) is 12.2 Å². The number of anilines is 1. The van der Waals surface area contributed by atoms with Crippen LogP contribution in [0.15, 0.2) is 30.3 Å². The Morgan fingerprint density at radius 3 is 2.20 bits per heavy atom. The molecule has 0 fully saturated rings. The van der Waals surface area contributed by atoms with Crippen LogP contribution in [0, 0.1) is 0 Å². The zero-order valence-electron chi connectivity index (χ0n) is 12.6. The molecule has 1 aromatic rings. The van der Waals surface area contributed by atoms with Crippen LogP contribution < -0.4 is 5.32 Å². The molecule has 0 heterocycles. The van der Waals surface area contributed by atoms with Gasteiger partial charge in [0.2, 0.25) is 0 Å². The van der Waals surface area contributed by atoms with Gasteiger partial charge in [-0.05, 0) is 30.8 Å². The van der Waals surface area contributed by atoms with Gasteiger partial charge in [-0.15, -0.1) is 0 Å². The summed E-state index contributed by atoms with van der Waals surface area (Å²) in [5.41, 5.74) is 0.980. The van der Waals surface area contributed by atoms with Crippen LogP contribution in [-0.2, 0) is 4.74 Å². The first-order chi connectivity index (χ1) is 9.83. The molecule has 1 aromatic carbocycles. The Hall–Kier alpha value is -1.09. The second-order valence-corrected chi connectivity index (χ2v) is 5.47. The lowest BCUT2D eigenvalue weighted by Crippen LogP contribution is -2.13. The lowest BCUT2D eigenvalue weighted by atomic mass is 10.1. The summed E-state index contributed by atoms with van der Waals surface area (Å²) in [6.45, 7) is 2.97. The monoisotopic (exact) mass is 293 g/mol. The lowest BCUT2D eigenvalue weighted by Gasteiger charge is -2.09. The van der Waals surface area contributed by atoms with Crippen LogP contribution in [0.5, 0.6) is 0 Å². The van der Waals surface area contributed by atoms with Crippen LogP contribution in [0.3, 0.4) is 0 Å².